The fraction of sp³-hybridized carbons (Fsp3) is 0.579. The lowest BCUT2D eigenvalue weighted by molar-refractivity contribution is -0.274. The Bertz CT molecular complexity index is 644. The van der Waals surface area contributed by atoms with E-state index in [-0.39, 0.29) is 24.7 Å². The first-order valence-corrected chi connectivity index (χ1v) is 9.37. The van der Waals surface area contributed by atoms with E-state index in [1.807, 2.05) is 0 Å². The highest BCUT2D eigenvalue weighted by Gasteiger charge is 2.31. The maximum Gasteiger partial charge on any atom is 0.573 e. The first kappa shape index (κ1) is 22.0. The number of benzene rings is 1. The minimum absolute atomic E-state index is 0.0154. The molecule has 0 atom stereocenters. The van der Waals surface area contributed by atoms with Gasteiger partial charge in [-0.15, -0.1) is 13.2 Å². The van der Waals surface area contributed by atoms with Gasteiger partial charge in [-0.1, -0.05) is 32.1 Å². The highest BCUT2D eigenvalue weighted by molar-refractivity contribution is 5.92. The Morgan fingerprint density at radius 3 is 2.32 bits per heavy atom. The number of anilines is 1. The van der Waals surface area contributed by atoms with Gasteiger partial charge in [0.05, 0.1) is 13.1 Å². The lowest BCUT2D eigenvalue weighted by Gasteiger charge is -2.26. The van der Waals surface area contributed by atoms with Crippen LogP contribution >= 0.6 is 0 Å². The molecule has 9 heteroatoms. The van der Waals surface area contributed by atoms with Gasteiger partial charge < -0.3 is 15.8 Å². The molecule has 156 valence electrons. The molecule has 0 radical (unpaired) electrons. The van der Waals surface area contributed by atoms with Gasteiger partial charge in [0, 0.05) is 5.69 Å². The summed E-state index contributed by atoms with van der Waals surface area (Å²) in [5.41, 5.74) is 5.62. The molecule has 6 nitrogen and oxygen atoms in total. The maximum atomic E-state index is 12.3. The second kappa shape index (κ2) is 10.3. The number of alkyl halides is 3. The molecule has 1 aliphatic carbocycles. The van der Waals surface area contributed by atoms with E-state index < -0.39 is 12.3 Å². The minimum atomic E-state index is -4.77. The van der Waals surface area contributed by atoms with Crippen LogP contribution in [-0.4, -0.2) is 42.7 Å². The summed E-state index contributed by atoms with van der Waals surface area (Å²) in [6.45, 7) is 0.564. The Morgan fingerprint density at radius 1 is 1.11 bits per heavy atom. The Morgan fingerprint density at radius 2 is 1.75 bits per heavy atom. The molecule has 28 heavy (non-hydrogen) atoms. The van der Waals surface area contributed by atoms with Gasteiger partial charge in [-0.05, 0) is 43.1 Å². The van der Waals surface area contributed by atoms with Gasteiger partial charge in [-0.2, -0.15) is 0 Å². The zero-order chi connectivity index (χ0) is 20.6. The van der Waals surface area contributed by atoms with Gasteiger partial charge >= 0.3 is 6.36 Å². The number of nitrogens with zero attached hydrogens (tertiary/aromatic N) is 1. The van der Waals surface area contributed by atoms with E-state index in [9.17, 15) is 22.8 Å². The average Bonchev–Trinajstić information content (AvgIpc) is 2.60. The molecule has 3 N–H and O–H groups in total. The number of halogens is 3. The first-order chi connectivity index (χ1) is 13.2. The van der Waals surface area contributed by atoms with Crippen LogP contribution in [0.2, 0.25) is 0 Å². The minimum Gasteiger partial charge on any atom is -0.406 e. The molecule has 0 aliphatic heterocycles. The van der Waals surface area contributed by atoms with Crippen molar-refractivity contribution in [2.45, 2.75) is 44.9 Å². The molecule has 0 heterocycles. The fourth-order valence-electron chi connectivity index (χ4n) is 3.42. The summed E-state index contributed by atoms with van der Waals surface area (Å²) in [7, 11) is 0. The predicted octanol–water partition coefficient (Wildman–Crippen LogP) is 3.28. The summed E-state index contributed by atoms with van der Waals surface area (Å²) in [6, 6.07) is 4.87. The van der Waals surface area contributed by atoms with Gasteiger partial charge in [0.1, 0.15) is 5.75 Å². The Labute approximate surface area is 162 Å². The molecule has 1 aromatic carbocycles. The van der Waals surface area contributed by atoms with Crippen LogP contribution in [0.3, 0.4) is 0 Å². The van der Waals surface area contributed by atoms with Crippen LogP contribution in [-0.2, 0) is 9.59 Å². The van der Waals surface area contributed by atoms with Crippen LogP contribution in [0, 0.1) is 5.92 Å². The second-order valence-electron chi connectivity index (χ2n) is 7.09. The van der Waals surface area contributed by atoms with Crippen molar-refractivity contribution in [1.82, 2.24) is 4.90 Å². The van der Waals surface area contributed by atoms with Crippen LogP contribution < -0.4 is 15.8 Å². The van der Waals surface area contributed by atoms with E-state index in [1.165, 1.54) is 44.2 Å². The molecule has 0 spiro atoms. The molecule has 1 saturated carbocycles. The highest BCUT2D eigenvalue weighted by Crippen LogP contribution is 2.26. The van der Waals surface area contributed by atoms with Gasteiger partial charge in [0.25, 0.3) is 0 Å². The standard InChI is InChI=1S/C19H26F3N3O3/c20-19(21,22)28-16-8-6-15(7-9-16)24-18(27)13-25(12-17(23)26)11-10-14-4-2-1-3-5-14/h6-9,14H,1-5,10-13H2,(H2,23,26)(H,24,27). The van der Waals surface area contributed by atoms with Crippen molar-refractivity contribution in [2.75, 3.05) is 25.0 Å². The Kier molecular flexibility index (Phi) is 8.10. The van der Waals surface area contributed by atoms with Crippen molar-refractivity contribution in [1.29, 1.82) is 0 Å². The van der Waals surface area contributed by atoms with Gasteiger partial charge in [0.15, 0.2) is 0 Å². The summed E-state index contributed by atoms with van der Waals surface area (Å²) in [5, 5.41) is 2.60. The second-order valence-corrected chi connectivity index (χ2v) is 7.09. The van der Waals surface area contributed by atoms with Crippen LogP contribution in [0.25, 0.3) is 0 Å². The molecular formula is C19H26F3N3O3. The van der Waals surface area contributed by atoms with E-state index in [0.717, 1.165) is 18.6 Å². The molecule has 1 aliphatic rings. The van der Waals surface area contributed by atoms with Crippen molar-refractivity contribution in [3.8, 4) is 5.75 Å². The lowest BCUT2D eigenvalue weighted by Crippen LogP contribution is -2.40. The van der Waals surface area contributed by atoms with Crippen molar-refractivity contribution >= 4 is 17.5 Å². The zero-order valence-electron chi connectivity index (χ0n) is 15.6. The van der Waals surface area contributed by atoms with Gasteiger partial charge in [-0.25, -0.2) is 0 Å². The third-order valence-electron chi connectivity index (χ3n) is 4.70. The number of nitrogens with two attached hydrogens (primary N) is 1. The zero-order valence-corrected chi connectivity index (χ0v) is 15.6. The molecular weight excluding hydrogens is 375 g/mol. The van der Waals surface area contributed by atoms with Crippen LogP contribution in [0.1, 0.15) is 38.5 Å². The SMILES string of the molecule is NC(=O)CN(CCC1CCCCC1)CC(=O)Nc1ccc(OC(F)(F)F)cc1. The summed E-state index contributed by atoms with van der Waals surface area (Å²) >= 11 is 0. The molecule has 1 aromatic rings. The van der Waals surface area contributed by atoms with E-state index >= 15 is 0 Å². The monoisotopic (exact) mass is 401 g/mol. The Hall–Kier alpha value is -2.29. The van der Waals surface area contributed by atoms with Crippen LogP contribution in [0.15, 0.2) is 24.3 Å². The van der Waals surface area contributed by atoms with Crippen molar-refractivity contribution in [3.63, 3.8) is 0 Å². The summed E-state index contributed by atoms with van der Waals surface area (Å²) in [5.74, 6) is -0.638. The molecule has 0 bridgehead atoms. The maximum absolute atomic E-state index is 12.3. The first-order valence-electron chi connectivity index (χ1n) is 9.37. The average molecular weight is 401 g/mol. The number of nitrogens with one attached hydrogen (secondary N) is 1. The molecule has 0 unspecified atom stereocenters. The number of hydrogen-bond donors (Lipinski definition) is 2. The number of rotatable bonds is 9. The number of hydrogen-bond acceptors (Lipinski definition) is 4. The quantitative estimate of drug-likeness (QED) is 0.665. The molecule has 2 amide bonds. The number of carbonyl (C=O) groups is 2. The van der Waals surface area contributed by atoms with Crippen LogP contribution in [0.5, 0.6) is 5.75 Å². The van der Waals surface area contributed by atoms with Gasteiger partial charge in [-0.3, -0.25) is 14.5 Å². The van der Waals surface area contributed by atoms with E-state index in [4.69, 9.17) is 5.73 Å². The third-order valence-corrected chi connectivity index (χ3v) is 4.70. The van der Waals surface area contributed by atoms with E-state index in [0.29, 0.717) is 18.2 Å². The van der Waals surface area contributed by atoms with Crippen molar-refractivity contribution in [2.24, 2.45) is 11.7 Å². The number of carbonyl (C=O) groups excluding carboxylic acids is 2. The van der Waals surface area contributed by atoms with Gasteiger partial charge in [0.2, 0.25) is 11.8 Å². The summed E-state index contributed by atoms with van der Waals surface area (Å²) in [4.78, 5) is 25.3. The molecule has 0 aromatic heterocycles. The lowest BCUT2D eigenvalue weighted by atomic mass is 9.87. The van der Waals surface area contributed by atoms with E-state index in [1.54, 1.807) is 4.90 Å². The predicted molar refractivity (Wildman–Crippen MR) is 98.6 cm³/mol. The normalized spacial score (nSPS) is 15.4. The fourth-order valence-corrected chi connectivity index (χ4v) is 3.42. The van der Waals surface area contributed by atoms with E-state index in [2.05, 4.69) is 10.1 Å². The van der Waals surface area contributed by atoms with Crippen LogP contribution in [0.4, 0.5) is 18.9 Å². The molecule has 0 saturated heterocycles. The summed E-state index contributed by atoms with van der Waals surface area (Å²) in [6.07, 6.45) is 2.18. The van der Waals surface area contributed by atoms with Crippen molar-refractivity contribution < 1.29 is 27.5 Å². The smallest absolute Gasteiger partial charge is 0.406 e. The van der Waals surface area contributed by atoms with Crippen molar-refractivity contribution in [3.05, 3.63) is 24.3 Å². The number of amides is 2. The third kappa shape index (κ3) is 8.60. The largest absolute Gasteiger partial charge is 0.573 e. The number of primary amides is 1. The molecule has 1 fully saturated rings. The highest BCUT2D eigenvalue weighted by atomic mass is 19.4. The topological polar surface area (TPSA) is 84.7 Å². The molecule has 2 rings (SSSR count). The summed E-state index contributed by atoms with van der Waals surface area (Å²) < 4.78 is 40.3. The Balaban J connectivity index is 1.85. The number of ether oxygens (including phenoxy) is 1.